The van der Waals surface area contributed by atoms with Gasteiger partial charge in [-0.1, -0.05) is 30.3 Å². The summed E-state index contributed by atoms with van der Waals surface area (Å²) in [5, 5.41) is 0. The van der Waals surface area contributed by atoms with E-state index in [9.17, 15) is 9.59 Å². The molecule has 2 atom stereocenters. The summed E-state index contributed by atoms with van der Waals surface area (Å²) in [4.78, 5) is 31.3. The van der Waals surface area contributed by atoms with Gasteiger partial charge in [-0.15, -0.1) is 0 Å². The molecule has 2 aliphatic heterocycles. The fraction of sp³-hybridized carbons (Fsp3) is 0.417. The molecule has 4 rings (SSSR count). The number of nitrogens with zero attached hydrogens (tertiary/aromatic N) is 3. The zero-order valence-electron chi connectivity index (χ0n) is 17.7. The largest absolute Gasteiger partial charge is 0.373 e. The second-order valence-electron chi connectivity index (χ2n) is 8.22. The van der Waals surface area contributed by atoms with Gasteiger partial charge in [0.1, 0.15) is 0 Å². The number of anilines is 1. The molecule has 0 N–H and O–H groups in total. The minimum atomic E-state index is -0.144. The van der Waals surface area contributed by atoms with Crippen molar-refractivity contribution in [1.29, 1.82) is 0 Å². The average Bonchev–Trinajstić information content (AvgIpc) is 3.19. The van der Waals surface area contributed by atoms with Crippen molar-refractivity contribution in [3.05, 3.63) is 65.7 Å². The van der Waals surface area contributed by atoms with Crippen LogP contribution in [0.1, 0.15) is 34.8 Å². The molecule has 0 aliphatic carbocycles. The number of benzene rings is 2. The van der Waals surface area contributed by atoms with Gasteiger partial charge in [-0.3, -0.25) is 9.59 Å². The number of hydrogen-bond donors (Lipinski definition) is 0. The van der Waals surface area contributed by atoms with E-state index in [-0.39, 0.29) is 24.0 Å². The number of carbonyl (C=O) groups is 2. The van der Waals surface area contributed by atoms with Crippen molar-refractivity contribution in [3.63, 3.8) is 0 Å². The van der Waals surface area contributed by atoms with Crippen LogP contribution >= 0.6 is 0 Å². The first-order valence-electron chi connectivity index (χ1n) is 10.6. The third-order valence-corrected chi connectivity index (χ3v) is 5.80. The first-order chi connectivity index (χ1) is 14.5. The van der Waals surface area contributed by atoms with Crippen LogP contribution in [0, 0.1) is 0 Å². The molecular weight excluding hydrogens is 378 g/mol. The molecule has 0 bridgehead atoms. The van der Waals surface area contributed by atoms with Gasteiger partial charge in [0.15, 0.2) is 0 Å². The molecule has 2 saturated heterocycles. The van der Waals surface area contributed by atoms with E-state index in [0.717, 1.165) is 30.8 Å². The Kier molecular flexibility index (Phi) is 6.16. The van der Waals surface area contributed by atoms with Gasteiger partial charge in [-0.2, -0.15) is 0 Å². The van der Waals surface area contributed by atoms with Gasteiger partial charge >= 0.3 is 0 Å². The number of rotatable bonds is 5. The second kappa shape index (κ2) is 8.98. The average molecular weight is 408 g/mol. The topological polar surface area (TPSA) is 53.1 Å². The summed E-state index contributed by atoms with van der Waals surface area (Å²) in [5.41, 5.74) is 2.58. The van der Waals surface area contributed by atoms with Crippen molar-refractivity contribution in [2.75, 3.05) is 45.2 Å². The summed E-state index contributed by atoms with van der Waals surface area (Å²) in [6.07, 6.45) is 1.39. The second-order valence-corrected chi connectivity index (χ2v) is 8.22. The first-order valence-corrected chi connectivity index (χ1v) is 10.6. The van der Waals surface area contributed by atoms with Crippen LogP contribution in [0.2, 0.25) is 0 Å². The Balaban J connectivity index is 1.59. The smallest absolute Gasteiger partial charge is 0.254 e. The Morgan fingerprint density at radius 3 is 2.43 bits per heavy atom. The molecule has 2 heterocycles. The summed E-state index contributed by atoms with van der Waals surface area (Å²) in [7, 11) is 4.04. The fourth-order valence-corrected chi connectivity index (χ4v) is 4.39. The zero-order valence-corrected chi connectivity index (χ0v) is 17.7. The van der Waals surface area contributed by atoms with Crippen LogP contribution < -0.4 is 4.90 Å². The highest BCUT2D eigenvalue weighted by Crippen LogP contribution is 2.32. The van der Waals surface area contributed by atoms with Crippen LogP contribution in [-0.2, 0) is 9.53 Å². The maximum absolute atomic E-state index is 13.5. The lowest BCUT2D eigenvalue weighted by atomic mass is 9.96. The van der Waals surface area contributed by atoms with Crippen molar-refractivity contribution >= 4 is 17.5 Å². The number of carbonyl (C=O) groups excluding carboxylic acids is 2. The molecule has 6 nitrogen and oxygen atoms in total. The molecule has 30 heavy (non-hydrogen) atoms. The zero-order chi connectivity index (χ0) is 21.1. The van der Waals surface area contributed by atoms with Crippen molar-refractivity contribution in [3.8, 4) is 0 Å². The Hall–Kier alpha value is -2.70. The molecule has 0 aromatic heterocycles. The van der Waals surface area contributed by atoms with E-state index in [4.69, 9.17) is 4.74 Å². The number of hydrogen-bond acceptors (Lipinski definition) is 4. The first kappa shape index (κ1) is 20.6. The Bertz CT molecular complexity index is 882. The summed E-state index contributed by atoms with van der Waals surface area (Å²) < 4.78 is 6.09. The lowest BCUT2D eigenvalue weighted by Crippen LogP contribution is -2.51. The highest BCUT2D eigenvalue weighted by atomic mass is 16.5. The molecule has 6 heteroatoms. The normalized spacial score (nSPS) is 22.0. The molecule has 2 aliphatic rings. The van der Waals surface area contributed by atoms with Crippen LogP contribution in [0.15, 0.2) is 54.6 Å². The molecule has 2 aromatic carbocycles. The van der Waals surface area contributed by atoms with Gasteiger partial charge < -0.3 is 19.4 Å². The SMILES string of the molecule is CN(C)C[C@@H]1OCCN(C(=O)c2ccc(N3CCCC3=O)cc2)[C@H]1c1ccccc1. The monoisotopic (exact) mass is 407 g/mol. The minimum absolute atomic E-state index is 0.00444. The third kappa shape index (κ3) is 4.25. The van der Waals surface area contributed by atoms with E-state index < -0.39 is 0 Å². The molecule has 2 aromatic rings. The van der Waals surface area contributed by atoms with E-state index in [1.54, 1.807) is 4.90 Å². The molecule has 0 unspecified atom stereocenters. The highest BCUT2D eigenvalue weighted by molar-refractivity contribution is 5.97. The highest BCUT2D eigenvalue weighted by Gasteiger charge is 2.37. The third-order valence-electron chi connectivity index (χ3n) is 5.80. The molecule has 2 amide bonds. The molecule has 158 valence electrons. The van der Waals surface area contributed by atoms with Crippen LogP contribution in [0.5, 0.6) is 0 Å². The maximum atomic E-state index is 13.5. The van der Waals surface area contributed by atoms with E-state index >= 15 is 0 Å². The number of morpholine rings is 1. The van der Waals surface area contributed by atoms with Crippen LogP contribution in [0.4, 0.5) is 5.69 Å². The van der Waals surface area contributed by atoms with Crippen molar-refractivity contribution < 1.29 is 14.3 Å². The summed E-state index contributed by atoms with van der Waals surface area (Å²) >= 11 is 0. The van der Waals surface area contributed by atoms with Gasteiger partial charge in [0.2, 0.25) is 5.91 Å². The molecule has 0 saturated carbocycles. The Morgan fingerprint density at radius 1 is 1.07 bits per heavy atom. The van der Waals surface area contributed by atoms with Crippen molar-refractivity contribution in [2.45, 2.75) is 25.0 Å². The quantitative estimate of drug-likeness (QED) is 0.765. The van der Waals surface area contributed by atoms with Crippen LogP contribution in [0.25, 0.3) is 0 Å². The summed E-state index contributed by atoms with van der Waals surface area (Å²) in [6.45, 7) is 2.56. The Labute approximate surface area is 178 Å². The molecule has 0 radical (unpaired) electrons. The summed E-state index contributed by atoms with van der Waals surface area (Å²) in [6, 6.07) is 17.4. The van der Waals surface area contributed by atoms with Gasteiger partial charge in [-0.25, -0.2) is 0 Å². The molecule has 0 spiro atoms. The predicted molar refractivity (Wildman–Crippen MR) is 117 cm³/mol. The molecular formula is C24H29N3O3. The van der Waals surface area contributed by atoms with E-state index in [1.807, 2.05) is 61.5 Å². The van der Waals surface area contributed by atoms with Crippen molar-refractivity contribution in [1.82, 2.24) is 9.80 Å². The van der Waals surface area contributed by atoms with Crippen molar-refractivity contribution in [2.24, 2.45) is 0 Å². The number of amides is 2. The predicted octanol–water partition coefficient (Wildman–Crippen LogP) is 2.96. The van der Waals surface area contributed by atoms with Gasteiger partial charge in [-0.05, 0) is 50.3 Å². The van der Waals surface area contributed by atoms with Gasteiger partial charge in [0.05, 0.1) is 18.8 Å². The van der Waals surface area contributed by atoms with Crippen LogP contribution in [-0.4, -0.2) is 68.1 Å². The maximum Gasteiger partial charge on any atom is 0.254 e. The lowest BCUT2D eigenvalue weighted by molar-refractivity contribution is -0.117. The minimum Gasteiger partial charge on any atom is -0.373 e. The van der Waals surface area contributed by atoms with Gasteiger partial charge in [0, 0.05) is 37.3 Å². The van der Waals surface area contributed by atoms with Gasteiger partial charge in [0.25, 0.3) is 5.91 Å². The standard InChI is InChI=1S/C24H29N3O3/c1-25(2)17-21-23(18-7-4-3-5-8-18)27(15-16-30-21)24(29)19-10-12-20(13-11-19)26-14-6-9-22(26)28/h3-5,7-8,10-13,21,23H,6,9,14-17H2,1-2H3/t21-,23-/m0/s1. The molecule has 2 fully saturated rings. The number of likely N-dealkylation sites (N-methyl/N-ethyl adjacent to an activating group) is 1. The van der Waals surface area contributed by atoms with E-state index in [2.05, 4.69) is 17.0 Å². The summed E-state index contributed by atoms with van der Waals surface area (Å²) in [5.74, 6) is 0.146. The van der Waals surface area contributed by atoms with E-state index in [1.165, 1.54) is 0 Å². The van der Waals surface area contributed by atoms with E-state index in [0.29, 0.717) is 25.1 Å². The lowest BCUT2D eigenvalue weighted by Gasteiger charge is -2.42. The Morgan fingerprint density at radius 2 is 1.80 bits per heavy atom. The fourth-order valence-electron chi connectivity index (χ4n) is 4.39. The number of ether oxygens (including phenoxy) is 1. The van der Waals surface area contributed by atoms with Crippen LogP contribution in [0.3, 0.4) is 0 Å².